The van der Waals surface area contributed by atoms with Crippen LogP contribution in [0.4, 0.5) is 0 Å². The average molecular weight is 284 g/mol. The monoisotopic (exact) mass is 284 g/mol. The first-order chi connectivity index (χ1) is 10.3. The van der Waals surface area contributed by atoms with Gasteiger partial charge in [0.05, 0.1) is 13.2 Å². The van der Waals surface area contributed by atoms with Gasteiger partial charge < -0.3 is 9.47 Å². The Labute approximate surface area is 125 Å². The summed E-state index contributed by atoms with van der Waals surface area (Å²) in [5, 5.41) is 0. The average Bonchev–Trinajstić information content (AvgIpc) is 2.54. The van der Waals surface area contributed by atoms with Crippen molar-refractivity contribution in [1.82, 2.24) is 0 Å². The van der Waals surface area contributed by atoms with E-state index in [2.05, 4.69) is 0 Å². The number of carbonyl (C=O) groups excluding carboxylic acids is 1. The zero-order chi connectivity index (χ0) is 14.8. The molecule has 3 nitrogen and oxygen atoms in total. The Morgan fingerprint density at radius 2 is 1.33 bits per heavy atom. The summed E-state index contributed by atoms with van der Waals surface area (Å²) in [5.41, 5.74) is 2.28. The molecule has 0 saturated carbocycles. The first kappa shape index (κ1) is 15.4. The van der Waals surface area contributed by atoms with Gasteiger partial charge in [0, 0.05) is 0 Å². The van der Waals surface area contributed by atoms with E-state index in [-0.39, 0.29) is 19.0 Å². The van der Waals surface area contributed by atoms with Crippen molar-refractivity contribution in [3.05, 3.63) is 71.8 Å². The lowest BCUT2D eigenvalue weighted by Crippen LogP contribution is -2.16. The van der Waals surface area contributed by atoms with Crippen molar-refractivity contribution in [2.45, 2.75) is 13.0 Å². The third-order valence-electron chi connectivity index (χ3n) is 3.02. The molecule has 0 heterocycles. The van der Waals surface area contributed by atoms with Crippen molar-refractivity contribution in [2.75, 3.05) is 19.8 Å². The number of rotatable bonds is 9. The second-order valence-corrected chi connectivity index (χ2v) is 4.81. The third kappa shape index (κ3) is 6.34. The lowest BCUT2D eigenvalue weighted by molar-refractivity contribution is -0.128. The maximum absolute atomic E-state index is 11.6. The zero-order valence-corrected chi connectivity index (χ0v) is 12.0. The summed E-state index contributed by atoms with van der Waals surface area (Å²) in [4.78, 5) is 11.6. The molecule has 0 aliphatic heterocycles. The highest BCUT2D eigenvalue weighted by Gasteiger charge is 2.03. The molecule has 0 fully saturated rings. The van der Waals surface area contributed by atoms with Crippen LogP contribution in [0, 0.1) is 0 Å². The van der Waals surface area contributed by atoms with E-state index in [1.807, 2.05) is 60.7 Å². The highest BCUT2D eigenvalue weighted by Crippen LogP contribution is 2.01. The summed E-state index contributed by atoms with van der Waals surface area (Å²) in [6.45, 7) is 1.22. The van der Waals surface area contributed by atoms with Crippen LogP contribution in [0.2, 0.25) is 0 Å². The molecule has 0 aliphatic rings. The molecule has 0 spiro atoms. The summed E-state index contributed by atoms with van der Waals surface area (Å²) in [6, 6.07) is 19.9. The third-order valence-corrected chi connectivity index (χ3v) is 3.02. The molecule has 2 aromatic carbocycles. The molecule has 2 rings (SSSR count). The van der Waals surface area contributed by atoms with Gasteiger partial charge in [0.1, 0.15) is 13.2 Å². The van der Waals surface area contributed by atoms with Gasteiger partial charge in [-0.15, -0.1) is 0 Å². The van der Waals surface area contributed by atoms with E-state index in [4.69, 9.17) is 9.47 Å². The Morgan fingerprint density at radius 1 is 0.762 bits per heavy atom. The number of ether oxygens (including phenoxy) is 2. The number of benzene rings is 2. The van der Waals surface area contributed by atoms with Crippen LogP contribution in [0.5, 0.6) is 0 Å². The fourth-order valence-corrected chi connectivity index (χ4v) is 1.92. The SMILES string of the molecule is O=C(COCCc1ccccc1)COCc1ccccc1. The molecule has 0 aliphatic carbocycles. The van der Waals surface area contributed by atoms with E-state index in [9.17, 15) is 4.79 Å². The summed E-state index contributed by atoms with van der Waals surface area (Å²) >= 11 is 0. The Morgan fingerprint density at radius 3 is 2.00 bits per heavy atom. The minimum atomic E-state index is -0.0287. The van der Waals surface area contributed by atoms with Crippen LogP contribution in [0.25, 0.3) is 0 Å². The largest absolute Gasteiger partial charge is 0.373 e. The first-order valence-electron chi connectivity index (χ1n) is 7.09. The van der Waals surface area contributed by atoms with E-state index in [0.717, 1.165) is 12.0 Å². The minimum Gasteiger partial charge on any atom is -0.373 e. The van der Waals surface area contributed by atoms with Gasteiger partial charge in [-0.25, -0.2) is 0 Å². The van der Waals surface area contributed by atoms with E-state index in [1.54, 1.807) is 0 Å². The van der Waals surface area contributed by atoms with Gasteiger partial charge in [-0.05, 0) is 17.5 Å². The van der Waals surface area contributed by atoms with Crippen molar-refractivity contribution in [3.63, 3.8) is 0 Å². The Kier molecular flexibility index (Phi) is 6.65. The van der Waals surface area contributed by atoms with Crippen molar-refractivity contribution in [2.24, 2.45) is 0 Å². The molecule has 0 unspecified atom stereocenters. The molecule has 0 N–H and O–H groups in total. The van der Waals surface area contributed by atoms with Crippen LogP contribution in [0.1, 0.15) is 11.1 Å². The Balaban J connectivity index is 1.54. The standard InChI is InChI=1S/C18H20O3/c19-18(15-21-13-17-9-5-2-6-10-17)14-20-12-11-16-7-3-1-4-8-16/h1-10H,11-15H2. The molecular weight excluding hydrogens is 264 g/mol. The number of carbonyl (C=O) groups is 1. The zero-order valence-electron chi connectivity index (χ0n) is 12.0. The lowest BCUT2D eigenvalue weighted by atomic mass is 10.2. The molecule has 0 amide bonds. The van der Waals surface area contributed by atoms with Crippen LogP contribution in [-0.4, -0.2) is 25.6 Å². The summed E-state index contributed by atoms with van der Waals surface area (Å²) < 4.78 is 10.7. The number of ketones is 1. The maximum Gasteiger partial charge on any atom is 0.183 e. The van der Waals surface area contributed by atoms with Crippen LogP contribution >= 0.6 is 0 Å². The second-order valence-electron chi connectivity index (χ2n) is 4.81. The van der Waals surface area contributed by atoms with Gasteiger partial charge in [0.25, 0.3) is 0 Å². The molecule has 0 aromatic heterocycles. The molecule has 0 atom stereocenters. The number of hydrogen-bond acceptors (Lipinski definition) is 3. The van der Waals surface area contributed by atoms with Crippen LogP contribution in [-0.2, 0) is 27.3 Å². The smallest absolute Gasteiger partial charge is 0.183 e. The number of hydrogen-bond donors (Lipinski definition) is 0. The van der Waals surface area contributed by atoms with Crippen LogP contribution < -0.4 is 0 Å². The molecule has 0 radical (unpaired) electrons. The normalized spacial score (nSPS) is 10.5. The second kappa shape index (κ2) is 9.06. The fourth-order valence-electron chi connectivity index (χ4n) is 1.92. The summed E-state index contributed by atoms with van der Waals surface area (Å²) in [6.07, 6.45) is 0.818. The Hall–Kier alpha value is -1.97. The molecule has 0 bridgehead atoms. The fraction of sp³-hybridized carbons (Fsp3) is 0.278. The van der Waals surface area contributed by atoms with E-state index in [1.165, 1.54) is 5.56 Å². The number of Topliss-reactive ketones (excluding diaryl/α,β-unsaturated/α-hetero) is 1. The molecular formula is C18H20O3. The lowest BCUT2D eigenvalue weighted by Gasteiger charge is -2.05. The maximum atomic E-state index is 11.6. The van der Waals surface area contributed by atoms with Gasteiger partial charge in [0.2, 0.25) is 0 Å². The van der Waals surface area contributed by atoms with E-state index < -0.39 is 0 Å². The molecule has 110 valence electrons. The van der Waals surface area contributed by atoms with Gasteiger partial charge in [0.15, 0.2) is 5.78 Å². The summed E-state index contributed by atoms with van der Waals surface area (Å²) in [5.74, 6) is -0.0287. The van der Waals surface area contributed by atoms with Crippen molar-refractivity contribution < 1.29 is 14.3 Å². The molecule has 2 aromatic rings. The highest BCUT2D eigenvalue weighted by atomic mass is 16.5. The van der Waals surface area contributed by atoms with Crippen molar-refractivity contribution in [3.8, 4) is 0 Å². The predicted molar refractivity (Wildman–Crippen MR) is 82.1 cm³/mol. The van der Waals surface area contributed by atoms with Gasteiger partial charge in [-0.1, -0.05) is 60.7 Å². The van der Waals surface area contributed by atoms with Crippen molar-refractivity contribution in [1.29, 1.82) is 0 Å². The predicted octanol–water partition coefficient (Wildman–Crippen LogP) is 3.03. The van der Waals surface area contributed by atoms with Gasteiger partial charge >= 0.3 is 0 Å². The quantitative estimate of drug-likeness (QED) is 0.664. The van der Waals surface area contributed by atoms with Crippen LogP contribution in [0.3, 0.4) is 0 Å². The Bertz CT molecular complexity index is 523. The molecule has 21 heavy (non-hydrogen) atoms. The van der Waals surface area contributed by atoms with Crippen LogP contribution in [0.15, 0.2) is 60.7 Å². The molecule has 3 heteroatoms. The van der Waals surface area contributed by atoms with E-state index in [0.29, 0.717) is 13.2 Å². The topological polar surface area (TPSA) is 35.5 Å². The van der Waals surface area contributed by atoms with Crippen molar-refractivity contribution >= 4 is 5.78 Å². The highest BCUT2D eigenvalue weighted by molar-refractivity contribution is 5.80. The van der Waals surface area contributed by atoms with E-state index >= 15 is 0 Å². The van der Waals surface area contributed by atoms with Gasteiger partial charge in [-0.3, -0.25) is 4.79 Å². The minimum absolute atomic E-state index is 0.0287. The summed E-state index contributed by atoms with van der Waals surface area (Å²) in [7, 11) is 0. The first-order valence-corrected chi connectivity index (χ1v) is 7.09. The molecule has 0 saturated heterocycles. The van der Waals surface area contributed by atoms with Gasteiger partial charge in [-0.2, -0.15) is 0 Å².